The van der Waals surface area contributed by atoms with Gasteiger partial charge < -0.3 is 14.6 Å². The molecule has 0 radical (unpaired) electrons. The standard InChI is InChI=1S/C7H12O3.Li/c8-7(9)10-6-4-2-1-3-5-6;/h6H,1-5H2,(H,8,9);/q;+1/p-1. The summed E-state index contributed by atoms with van der Waals surface area (Å²) in [6.07, 6.45) is 3.63. The maximum Gasteiger partial charge on any atom is 1.00 e. The van der Waals surface area contributed by atoms with Crippen LogP contribution in [0.1, 0.15) is 32.1 Å². The molecule has 0 N–H and O–H groups in total. The predicted molar refractivity (Wildman–Crippen MR) is 33.4 cm³/mol. The fourth-order valence-electron chi connectivity index (χ4n) is 1.32. The summed E-state index contributed by atoms with van der Waals surface area (Å²) in [6.45, 7) is 0. The first-order valence-electron chi connectivity index (χ1n) is 3.66. The van der Waals surface area contributed by atoms with Gasteiger partial charge in [0.15, 0.2) is 0 Å². The smallest absolute Gasteiger partial charge is 0.546 e. The first kappa shape index (κ1) is 10.9. The molecule has 0 bridgehead atoms. The Morgan fingerprint density at radius 3 is 2.27 bits per heavy atom. The van der Waals surface area contributed by atoms with Crippen molar-refractivity contribution in [2.45, 2.75) is 38.2 Å². The fourth-order valence-corrected chi connectivity index (χ4v) is 1.32. The van der Waals surface area contributed by atoms with Gasteiger partial charge in [-0.1, -0.05) is 19.3 Å². The Labute approximate surface area is 78.3 Å². The van der Waals surface area contributed by atoms with Crippen molar-refractivity contribution in [3.8, 4) is 0 Å². The van der Waals surface area contributed by atoms with Crippen molar-refractivity contribution in [2.75, 3.05) is 0 Å². The normalized spacial score (nSPS) is 18.5. The van der Waals surface area contributed by atoms with Crippen LogP contribution in [-0.2, 0) is 4.74 Å². The molecule has 0 aromatic heterocycles. The van der Waals surface area contributed by atoms with Gasteiger partial charge in [0.05, 0.1) is 0 Å². The molecule has 1 aliphatic rings. The molecule has 58 valence electrons. The van der Waals surface area contributed by atoms with Crippen LogP contribution < -0.4 is 24.0 Å². The summed E-state index contributed by atoms with van der Waals surface area (Å²) in [4.78, 5) is 9.93. The molecule has 1 rings (SSSR count). The second-order valence-electron chi connectivity index (χ2n) is 2.63. The topological polar surface area (TPSA) is 49.4 Å². The van der Waals surface area contributed by atoms with Crippen LogP contribution in [0.5, 0.6) is 0 Å². The molecule has 0 atom stereocenters. The van der Waals surface area contributed by atoms with Crippen molar-refractivity contribution >= 4 is 6.16 Å². The van der Waals surface area contributed by atoms with Gasteiger partial charge in [-0.3, -0.25) is 0 Å². The van der Waals surface area contributed by atoms with Crippen molar-refractivity contribution in [2.24, 2.45) is 0 Å². The third-order valence-electron chi connectivity index (χ3n) is 1.82. The van der Waals surface area contributed by atoms with Gasteiger partial charge in [-0.2, -0.15) is 0 Å². The molecule has 0 aromatic rings. The molecule has 3 nitrogen and oxygen atoms in total. The third-order valence-corrected chi connectivity index (χ3v) is 1.82. The van der Waals surface area contributed by atoms with Crippen molar-refractivity contribution in [1.82, 2.24) is 0 Å². The molecular formula is C7H11LiO3. The van der Waals surface area contributed by atoms with Gasteiger partial charge in [0.25, 0.3) is 6.16 Å². The molecule has 0 amide bonds. The van der Waals surface area contributed by atoms with Crippen LogP contribution in [0.25, 0.3) is 0 Å². The second kappa shape index (κ2) is 5.51. The first-order valence-corrected chi connectivity index (χ1v) is 3.66. The molecule has 0 heterocycles. The van der Waals surface area contributed by atoms with Gasteiger partial charge in [-0.05, 0) is 12.8 Å². The number of ether oxygens (including phenoxy) is 1. The van der Waals surface area contributed by atoms with E-state index in [-0.39, 0.29) is 25.0 Å². The Bertz CT molecular complexity index is 121. The van der Waals surface area contributed by atoms with Crippen molar-refractivity contribution < 1.29 is 33.5 Å². The van der Waals surface area contributed by atoms with Gasteiger partial charge in [-0.15, -0.1) is 0 Å². The molecule has 1 saturated carbocycles. The molecule has 0 saturated heterocycles. The summed E-state index contributed by atoms with van der Waals surface area (Å²) in [7, 11) is 0. The predicted octanol–water partition coefficient (Wildman–Crippen LogP) is -2.32. The Kier molecular flexibility index (Phi) is 5.44. The largest absolute Gasteiger partial charge is 1.00 e. The van der Waals surface area contributed by atoms with Crippen molar-refractivity contribution in [3.63, 3.8) is 0 Å². The summed E-state index contributed by atoms with van der Waals surface area (Å²) in [5, 5.41) is 9.93. The maximum absolute atomic E-state index is 9.93. The van der Waals surface area contributed by atoms with E-state index < -0.39 is 6.16 Å². The van der Waals surface area contributed by atoms with E-state index in [4.69, 9.17) is 0 Å². The minimum absolute atomic E-state index is 0. The average molecular weight is 150 g/mol. The summed E-state index contributed by atoms with van der Waals surface area (Å²) in [5.74, 6) is 0. The SMILES string of the molecule is O=C([O-])OC1CCCCC1.[Li+]. The Morgan fingerprint density at radius 2 is 1.82 bits per heavy atom. The van der Waals surface area contributed by atoms with Crippen LogP contribution in [0.4, 0.5) is 4.79 Å². The molecule has 11 heavy (non-hydrogen) atoms. The monoisotopic (exact) mass is 150 g/mol. The van der Waals surface area contributed by atoms with Crippen molar-refractivity contribution in [1.29, 1.82) is 0 Å². The Balaban J connectivity index is 0.000001000. The summed E-state index contributed by atoms with van der Waals surface area (Å²) < 4.78 is 4.50. The molecule has 1 fully saturated rings. The van der Waals surface area contributed by atoms with Gasteiger partial charge in [-0.25, -0.2) is 0 Å². The minimum Gasteiger partial charge on any atom is -0.546 e. The third kappa shape index (κ3) is 4.34. The van der Waals surface area contributed by atoms with E-state index in [0.717, 1.165) is 25.7 Å². The van der Waals surface area contributed by atoms with Crippen LogP contribution in [0.3, 0.4) is 0 Å². The number of carbonyl (C=O) groups is 1. The van der Waals surface area contributed by atoms with E-state index in [0.29, 0.717) is 0 Å². The summed E-state index contributed by atoms with van der Waals surface area (Å²) >= 11 is 0. The van der Waals surface area contributed by atoms with Gasteiger partial charge in [0, 0.05) is 6.10 Å². The van der Waals surface area contributed by atoms with E-state index in [1.165, 1.54) is 6.42 Å². The summed E-state index contributed by atoms with van der Waals surface area (Å²) in [6, 6.07) is 0. The molecule has 0 aliphatic heterocycles. The van der Waals surface area contributed by atoms with Crippen LogP contribution in [-0.4, -0.2) is 12.3 Å². The zero-order valence-corrected chi connectivity index (χ0v) is 6.84. The Hall–Kier alpha value is -0.133. The Morgan fingerprint density at radius 1 is 1.27 bits per heavy atom. The first-order chi connectivity index (χ1) is 4.79. The van der Waals surface area contributed by atoms with Gasteiger partial charge in [0.2, 0.25) is 0 Å². The van der Waals surface area contributed by atoms with E-state index in [1.54, 1.807) is 0 Å². The average Bonchev–Trinajstić information content (AvgIpc) is 1.88. The van der Waals surface area contributed by atoms with Gasteiger partial charge >= 0.3 is 18.9 Å². The molecular weight excluding hydrogens is 139 g/mol. The zero-order valence-electron chi connectivity index (χ0n) is 6.84. The van der Waals surface area contributed by atoms with E-state index in [9.17, 15) is 9.90 Å². The van der Waals surface area contributed by atoms with Crippen LogP contribution in [0.2, 0.25) is 0 Å². The molecule has 4 heteroatoms. The number of carbonyl (C=O) groups excluding carboxylic acids is 1. The number of rotatable bonds is 1. The molecule has 0 spiro atoms. The summed E-state index contributed by atoms with van der Waals surface area (Å²) in [5.41, 5.74) is 0. The van der Waals surface area contributed by atoms with E-state index >= 15 is 0 Å². The van der Waals surface area contributed by atoms with Gasteiger partial charge in [0.1, 0.15) is 0 Å². The number of carboxylic acid groups (broad SMARTS) is 1. The molecule has 0 aromatic carbocycles. The molecule has 1 aliphatic carbocycles. The fraction of sp³-hybridized carbons (Fsp3) is 0.857. The number of hydrogen-bond donors (Lipinski definition) is 0. The van der Waals surface area contributed by atoms with Crippen molar-refractivity contribution in [3.05, 3.63) is 0 Å². The second-order valence-corrected chi connectivity index (χ2v) is 2.63. The number of hydrogen-bond acceptors (Lipinski definition) is 3. The van der Waals surface area contributed by atoms with Crippen LogP contribution >= 0.6 is 0 Å². The molecule has 0 unspecified atom stereocenters. The maximum atomic E-state index is 9.93. The quantitative estimate of drug-likeness (QED) is 0.311. The van der Waals surface area contributed by atoms with E-state index in [2.05, 4.69) is 4.74 Å². The van der Waals surface area contributed by atoms with E-state index in [1.807, 2.05) is 0 Å². The van der Waals surface area contributed by atoms with Crippen LogP contribution in [0, 0.1) is 0 Å². The zero-order chi connectivity index (χ0) is 7.40. The van der Waals surface area contributed by atoms with Crippen LogP contribution in [0.15, 0.2) is 0 Å². The minimum atomic E-state index is -1.38.